The van der Waals surface area contributed by atoms with Crippen molar-refractivity contribution in [1.29, 1.82) is 5.26 Å². The minimum atomic E-state index is -0.768. The third-order valence-electron chi connectivity index (χ3n) is 7.15. The molecule has 1 aromatic rings. The van der Waals surface area contributed by atoms with E-state index in [1.54, 1.807) is 0 Å². The molecule has 0 amide bonds. The summed E-state index contributed by atoms with van der Waals surface area (Å²) in [5.41, 5.74) is 2.61. The molecule has 1 aromatic carbocycles. The number of hydrogen-bond acceptors (Lipinski definition) is 7. The Morgan fingerprint density at radius 1 is 1.40 bits per heavy atom. The summed E-state index contributed by atoms with van der Waals surface area (Å²) in [6, 6.07) is 9.76. The first-order chi connectivity index (χ1) is 14.5. The van der Waals surface area contributed by atoms with Crippen molar-refractivity contribution < 1.29 is 19.4 Å². The van der Waals surface area contributed by atoms with Gasteiger partial charge in [-0.3, -0.25) is 4.90 Å². The van der Waals surface area contributed by atoms with Gasteiger partial charge in [0.05, 0.1) is 44.3 Å². The van der Waals surface area contributed by atoms with Crippen molar-refractivity contribution in [3.63, 3.8) is 0 Å². The molecule has 0 spiro atoms. The van der Waals surface area contributed by atoms with Crippen molar-refractivity contribution in [2.24, 2.45) is 11.8 Å². The van der Waals surface area contributed by atoms with Crippen molar-refractivity contribution in [1.82, 2.24) is 4.90 Å². The van der Waals surface area contributed by atoms with E-state index in [1.807, 2.05) is 24.3 Å². The molecule has 7 heteroatoms. The Balaban J connectivity index is 1.73. The third kappa shape index (κ3) is 3.15. The fourth-order valence-corrected chi connectivity index (χ4v) is 5.78. The SMILES string of the molecule is CCC1CN2C(C#N)C(O)C3c4ccccc4NC3C2CC1C(=COC)C(=O)OC. The number of carbonyl (C=O) groups excluding carboxylic acids is 1. The number of piperidine rings is 2. The number of fused-ring (bicyclic) bond motifs is 5. The summed E-state index contributed by atoms with van der Waals surface area (Å²) in [6.07, 6.45) is 2.27. The number of carbonyl (C=O) groups is 1. The van der Waals surface area contributed by atoms with Gasteiger partial charge in [-0.25, -0.2) is 4.79 Å². The quantitative estimate of drug-likeness (QED) is 0.446. The molecule has 160 valence electrons. The number of anilines is 1. The number of esters is 1. The Hall–Kier alpha value is -2.56. The van der Waals surface area contributed by atoms with E-state index < -0.39 is 12.1 Å². The van der Waals surface area contributed by atoms with E-state index in [-0.39, 0.29) is 35.8 Å². The number of methoxy groups -OCH3 is 2. The van der Waals surface area contributed by atoms with Crippen LogP contribution in [0.3, 0.4) is 0 Å². The zero-order chi connectivity index (χ0) is 21.4. The summed E-state index contributed by atoms with van der Waals surface area (Å²) in [7, 11) is 2.92. The van der Waals surface area contributed by atoms with Crippen LogP contribution in [0.2, 0.25) is 0 Å². The lowest BCUT2D eigenvalue weighted by Crippen LogP contribution is -2.66. The van der Waals surface area contributed by atoms with Gasteiger partial charge in [-0.1, -0.05) is 31.5 Å². The highest BCUT2D eigenvalue weighted by atomic mass is 16.5. The second kappa shape index (κ2) is 8.29. The fourth-order valence-electron chi connectivity index (χ4n) is 5.78. The number of nitriles is 1. The Bertz CT molecular complexity index is 879. The molecule has 0 aromatic heterocycles. The number of hydrogen-bond donors (Lipinski definition) is 2. The van der Waals surface area contributed by atoms with Gasteiger partial charge in [0.1, 0.15) is 6.04 Å². The van der Waals surface area contributed by atoms with Gasteiger partial charge in [-0.15, -0.1) is 0 Å². The van der Waals surface area contributed by atoms with Crippen LogP contribution in [0.1, 0.15) is 31.2 Å². The van der Waals surface area contributed by atoms with Crippen LogP contribution in [0.5, 0.6) is 0 Å². The van der Waals surface area contributed by atoms with Gasteiger partial charge >= 0.3 is 5.97 Å². The van der Waals surface area contributed by atoms with E-state index in [2.05, 4.69) is 23.2 Å². The number of benzene rings is 1. The van der Waals surface area contributed by atoms with Crippen LogP contribution in [0.4, 0.5) is 5.69 Å². The first-order valence-corrected chi connectivity index (χ1v) is 10.6. The maximum atomic E-state index is 12.5. The van der Waals surface area contributed by atoms with Crippen LogP contribution in [-0.4, -0.2) is 61.0 Å². The number of nitrogens with one attached hydrogen (secondary N) is 1. The number of rotatable bonds is 4. The molecule has 30 heavy (non-hydrogen) atoms. The van der Waals surface area contributed by atoms with Crippen LogP contribution in [0.15, 0.2) is 36.1 Å². The smallest absolute Gasteiger partial charge is 0.337 e. The number of ether oxygens (including phenoxy) is 2. The van der Waals surface area contributed by atoms with E-state index in [9.17, 15) is 15.2 Å². The minimum Gasteiger partial charge on any atom is -0.504 e. The lowest BCUT2D eigenvalue weighted by Gasteiger charge is -2.54. The second-order valence-electron chi connectivity index (χ2n) is 8.42. The zero-order valence-corrected chi connectivity index (χ0v) is 17.6. The maximum Gasteiger partial charge on any atom is 0.337 e. The summed E-state index contributed by atoms with van der Waals surface area (Å²) in [5.74, 6) is -0.408. The third-order valence-corrected chi connectivity index (χ3v) is 7.15. The normalized spacial score (nSPS) is 35.3. The molecule has 4 rings (SSSR count). The molecule has 7 nitrogen and oxygen atoms in total. The summed E-state index contributed by atoms with van der Waals surface area (Å²) in [4.78, 5) is 14.7. The van der Waals surface area contributed by atoms with Gasteiger partial charge in [-0.2, -0.15) is 5.26 Å². The highest BCUT2D eigenvalue weighted by molar-refractivity contribution is 5.88. The Kier molecular flexibility index (Phi) is 5.72. The van der Waals surface area contributed by atoms with E-state index in [0.717, 1.165) is 17.7 Å². The van der Waals surface area contributed by atoms with Crippen LogP contribution >= 0.6 is 0 Å². The van der Waals surface area contributed by atoms with Crippen LogP contribution < -0.4 is 5.32 Å². The first-order valence-electron chi connectivity index (χ1n) is 10.6. The second-order valence-corrected chi connectivity index (χ2v) is 8.42. The molecular formula is C23H29N3O4. The number of aliphatic hydroxyl groups excluding tert-OH is 1. The predicted octanol–water partition coefficient (Wildman–Crippen LogP) is 2.25. The molecule has 0 saturated carbocycles. The molecule has 7 unspecified atom stereocenters. The van der Waals surface area contributed by atoms with Crippen LogP contribution in [0.25, 0.3) is 0 Å². The van der Waals surface area contributed by atoms with Crippen molar-refractivity contribution in [3.05, 3.63) is 41.7 Å². The van der Waals surface area contributed by atoms with Gasteiger partial charge in [0, 0.05) is 24.2 Å². The van der Waals surface area contributed by atoms with E-state index in [1.165, 1.54) is 20.5 Å². The Labute approximate surface area is 177 Å². The molecule has 2 N–H and O–H groups in total. The van der Waals surface area contributed by atoms with Crippen molar-refractivity contribution in [3.8, 4) is 6.07 Å². The largest absolute Gasteiger partial charge is 0.504 e. The molecule has 3 heterocycles. The summed E-state index contributed by atoms with van der Waals surface area (Å²) < 4.78 is 10.3. The number of nitrogens with zero attached hydrogens (tertiary/aromatic N) is 2. The topological polar surface area (TPSA) is 94.8 Å². The minimum absolute atomic E-state index is 0.00756. The lowest BCUT2D eigenvalue weighted by atomic mass is 9.68. The molecule has 0 bridgehead atoms. The standard InChI is InChI=1S/C23H29N3O4/c1-4-13-11-26-18(9-15(13)16(12-29-2)23(28)30-3)21-20(22(27)19(26)10-24)14-7-5-6-8-17(14)25-21/h5-8,12-13,15,18-22,25,27H,4,9,11H2,1-3H3. The Morgan fingerprint density at radius 3 is 2.83 bits per heavy atom. The van der Waals surface area contributed by atoms with Crippen molar-refractivity contribution in [2.45, 2.75) is 49.9 Å². The van der Waals surface area contributed by atoms with Gasteiger partial charge in [0.2, 0.25) is 0 Å². The van der Waals surface area contributed by atoms with Gasteiger partial charge < -0.3 is 19.9 Å². The predicted molar refractivity (Wildman–Crippen MR) is 111 cm³/mol. The Morgan fingerprint density at radius 2 is 2.17 bits per heavy atom. The molecular weight excluding hydrogens is 382 g/mol. The summed E-state index contributed by atoms with van der Waals surface area (Å²) >= 11 is 0. The van der Waals surface area contributed by atoms with Crippen molar-refractivity contribution >= 4 is 11.7 Å². The average molecular weight is 412 g/mol. The van der Waals surface area contributed by atoms with Crippen molar-refractivity contribution in [2.75, 3.05) is 26.1 Å². The van der Waals surface area contributed by atoms with E-state index in [4.69, 9.17) is 9.47 Å². The molecule has 3 aliphatic heterocycles. The molecule has 2 saturated heterocycles. The summed E-state index contributed by atoms with van der Waals surface area (Å²) in [6.45, 7) is 2.73. The summed E-state index contributed by atoms with van der Waals surface area (Å²) in [5, 5.41) is 24.7. The number of aliphatic hydroxyl groups is 1. The highest BCUT2D eigenvalue weighted by Gasteiger charge is 2.56. The number of para-hydroxylation sites is 1. The maximum absolute atomic E-state index is 12.5. The van der Waals surface area contributed by atoms with E-state index in [0.29, 0.717) is 18.5 Å². The van der Waals surface area contributed by atoms with E-state index >= 15 is 0 Å². The zero-order valence-electron chi connectivity index (χ0n) is 17.6. The molecule has 7 atom stereocenters. The highest BCUT2D eigenvalue weighted by Crippen LogP contribution is 2.49. The van der Waals surface area contributed by atoms with Gasteiger partial charge in [-0.05, 0) is 29.9 Å². The van der Waals surface area contributed by atoms with Gasteiger partial charge in [0.15, 0.2) is 0 Å². The van der Waals surface area contributed by atoms with Gasteiger partial charge in [0.25, 0.3) is 0 Å². The monoisotopic (exact) mass is 411 g/mol. The lowest BCUT2D eigenvalue weighted by molar-refractivity contribution is -0.138. The van der Waals surface area contributed by atoms with Crippen LogP contribution in [0, 0.1) is 23.2 Å². The average Bonchev–Trinajstić information content (AvgIpc) is 3.16. The molecule has 3 aliphatic rings. The first kappa shape index (κ1) is 20.7. The molecule has 0 aliphatic carbocycles. The molecule has 2 fully saturated rings. The fraction of sp³-hybridized carbons (Fsp3) is 0.565. The van der Waals surface area contributed by atoms with Crippen LogP contribution in [-0.2, 0) is 14.3 Å². The molecule has 0 radical (unpaired) electrons.